The largest absolute Gasteiger partial charge is 0.373 e. The number of sulfonamides is 1. The van der Waals surface area contributed by atoms with Gasteiger partial charge in [0.15, 0.2) is 0 Å². The minimum atomic E-state index is -3.45. The molecule has 0 amide bonds. The van der Waals surface area contributed by atoms with Gasteiger partial charge in [-0.3, -0.25) is 0 Å². The van der Waals surface area contributed by atoms with Crippen LogP contribution in [0.4, 0.5) is 0 Å². The van der Waals surface area contributed by atoms with E-state index in [2.05, 4.69) is 5.32 Å². The molecule has 1 heterocycles. The van der Waals surface area contributed by atoms with E-state index in [1.807, 2.05) is 27.0 Å². The minimum Gasteiger partial charge on any atom is -0.373 e. The Labute approximate surface area is 121 Å². The highest BCUT2D eigenvalue weighted by Crippen LogP contribution is 2.24. The summed E-state index contributed by atoms with van der Waals surface area (Å²) in [6.45, 7) is 5.69. The van der Waals surface area contributed by atoms with Gasteiger partial charge in [-0.25, -0.2) is 8.42 Å². The molecular weight excluding hydrogens is 276 g/mol. The summed E-state index contributed by atoms with van der Waals surface area (Å²) in [6.07, 6.45) is 0. The second kappa shape index (κ2) is 5.81. The zero-order chi connectivity index (χ0) is 14.8. The summed E-state index contributed by atoms with van der Waals surface area (Å²) in [6, 6.07) is 7.08. The highest BCUT2D eigenvalue weighted by Gasteiger charge is 2.34. The van der Waals surface area contributed by atoms with Crippen molar-refractivity contribution < 1.29 is 13.2 Å². The van der Waals surface area contributed by atoms with Crippen LogP contribution in [0.5, 0.6) is 0 Å². The lowest BCUT2D eigenvalue weighted by molar-refractivity contribution is -0.0640. The predicted molar refractivity (Wildman–Crippen MR) is 78.0 cm³/mol. The van der Waals surface area contributed by atoms with Crippen LogP contribution < -0.4 is 5.32 Å². The van der Waals surface area contributed by atoms with Crippen molar-refractivity contribution in [1.82, 2.24) is 9.62 Å². The summed E-state index contributed by atoms with van der Waals surface area (Å²) in [5.41, 5.74) is 0.523. The molecule has 112 valence electrons. The third-order valence-corrected chi connectivity index (χ3v) is 5.15. The molecule has 1 fully saturated rings. The molecule has 1 saturated heterocycles. The van der Waals surface area contributed by atoms with E-state index in [1.54, 1.807) is 18.2 Å². The van der Waals surface area contributed by atoms with E-state index in [1.165, 1.54) is 4.31 Å². The summed E-state index contributed by atoms with van der Waals surface area (Å²) < 4.78 is 32.4. The fourth-order valence-electron chi connectivity index (χ4n) is 2.35. The molecule has 0 aliphatic carbocycles. The second-order valence-electron chi connectivity index (χ2n) is 5.62. The van der Waals surface area contributed by atoms with Gasteiger partial charge in [0.2, 0.25) is 10.0 Å². The lowest BCUT2D eigenvalue weighted by Crippen LogP contribution is -2.50. The van der Waals surface area contributed by atoms with Gasteiger partial charge in [0, 0.05) is 19.6 Å². The molecule has 2 rings (SSSR count). The van der Waals surface area contributed by atoms with Gasteiger partial charge in [-0.2, -0.15) is 4.31 Å². The Bertz CT molecular complexity index is 570. The molecule has 1 aliphatic heterocycles. The van der Waals surface area contributed by atoms with Gasteiger partial charge in [-0.15, -0.1) is 0 Å². The Morgan fingerprint density at radius 2 is 2.15 bits per heavy atom. The summed E-state index contributed by atoms with van der Waals surface area (Å²) in [5, 5.41) is 3.03. The van der Waals surface area contributed by atoms with Crippen LogP contribution in [-0.2, 0) is 21.3 Å². The van der Waals surface area contributed by atoms with Crippen molar-refractivity contribution in [2.75, 3.05) is 26.7 Å². The van der Waals surface area contributed by atoms with E-state index >= 15 is 0 Å². The molecule has 1 aromatic rings. The lowest BCUT2D eigenvalue weighted by Gasteiger charge is -2.37. The zero-order valence-electron chi connectivity index (χ0n) is 12.2. The number of nitrogens with zero attached hydrogens (tertiary/aromatic N) is 1. The summed E-state index contributed by atoms with van der Waals surface area (Å²) in [5.74, 6) is 0. The van der Waals surface area contributed by atoms with Crippen LogP contribution in [0.2, 0.25) is 0 Å². The van der Waals surface area contributed by atoms with Gasteiger partial charge in [0.05, 0.1) is 17.1 Å². The van der Waals surface area contributed by atoms with Crippen molar-refractivity contribution in [1.29, 1.82) is 0 Å². The Balaban J connectivity index is 2.28. The van der Waals surface area contributed by atoms with Crippen molar-refractivity contribution in [3.8, 4) is 0 Å². The highest BCUT2D eigenvalue weighted by molar-refractivity contribution is 7.89. The maximum atomic E-state index is 12.7. The summed E-state index contributed by atoms with van der Waals surface area (Å²) in [4.78, 5) is 0.350. The van der Waals surface area contributed by atoms with Crippen LogP contribution in [-0.4, -0.2) is 45.1 Å². The number of morpholine rings is 1. The summed E-state index contributed by atoms with van der Waals surface area (Å²) in [7, 11) is -1.61. The molecule has 0 saturated carbocycles. The van der Waals surface area contributed by atoms with Gasteiger partial charge < -0.3 is 10.1 Å². The van der Waals surface area contributed by atoms with Crippen molar-refractivity contribution in [2.24, 2.45) is 0 Å². The smallest absolute Gasteiger partial charge is 0.243 e. The Morgan fingerprint density at radius 3 is 2.80 bits per heavy atom. The number of hydrogen-bond donors (Lipinski definition) is 1. The first-order valence-corrected chi connectivity index (χ1v) is 8.17. The van der Waals surface area contributed by atoms with Crippen LogP contribution in [0, 0.1) is 0 Å². The monoisotopic (exact) mass is 298 g/mol. The van der Waals surface area contributed by atoms with Gasteiger partial charge in [-0.1, -0.05) is 12.1 Å². The number of nitrogens with one attached hydrogen (secondary N) is 1. The van der Waals surface area contributed by atoms with Crippen molar-refractivity contribution in [3.63, 3.8) is 0 Å². The highest BCUT2D eigenvalue weighted by atomic mass is 32.2. The SMILES string of the molecule is CNCc1cccc(S(=O)(=O)N2CCOC(C)(C)C2)c1. The van der Waals surface area contributed by atoms with E-state index in [0.717, 1.165) is 5.56 Å². The molecule has 0 unspecified atom stereocenters. The Kier molecular flexibility index (Phi) is 4.49. The normalized spacial score (nSPS) is 19.9. The second-order valence-corrected chi connectivity index (χ2v) is 7.56. The van der Waals surface area contributed by atoms with Gasteiger partial charge in [0.25, 0.3) is 0 Å². The molecule has 1 aliphatic rings. The fourth-order valence-corrected chi connectivity index (χ4v) is 3.99. The third kappa shape index (κ3) is 3.38. The van der Waals surface area contributed by atoms with Crippen LogP contribution >= 0.6 is 0 Å². The molecule has 0 bridgehead atoms. The maximum Gasteiger partial charge on any atom is 0.243 e. The maximum absolute atomic E-state index is 12.7. The van der Waals surface area contributed by atoms with Gasteiger partial charge in [-0.05, 0) is 38.6 Å². The molecule has 0 aromatic heterocycles. The van der Waals surface area contributed by atoms with Crippen molar-refractivity contribution >= 4 is 10.0 Å². The van der Waals surface area contributed by atoms with E-state index in [9.17, 15) is 8.42 Å². The lowest BCUT2D eigenvalue weighted by atomic mass is 10.1. The van der Waals surface area contributed by atoms with Crippen LogP contribution in [0.25, 0.3) is 0 Å². The van der Waals surface area contributed by atoms with E-state index in [-0.39, 0.29) is 0 Å². The number of hydrogen-bond acceptors (Lipinski definition) is 4. The molecule has 1 N–H and O–H groups in total. The average Bonchev–Trinajstić information content (AvgIpc) is 2.38. The molecule has 0 spiro atoms. The molecule has 5 nitrogen and oxygen atoms in total. The van der Waals surface area contributed by atoms with Crippen molar-refractivity contribution in [2.45, 2.75) is 30.9 Å². The minimum absolute atomic E-state index is 0.350. The number of benzene rings is 1. The third-order valence-electron chi connectivity index (χ3n) is 3.31. The van der Waals surface area contributed by atoms with Gasteiger partial charge >= 0.3 is 0 Å². The van der Waals surface area contributed by atoms with Crippen LogP contribution in [0.15, 0.2) is 29.2 Å². The fraction of sp³-hybridized carbons (Fsp3) is 0.571. The standard InChI is InChI=1S/C14H22N2O3S/c1-14(2)11-16(7-8-19-14)20(17,18)13-6-4-5-12(9-13)10-15-3/h4-6,9,15H,7-8,10-11H2,1-3H3. The summed E-state index contributed by atoms with van der Waals surface area (Å²) >= 11 is 0. The zero-order valence-corrected chi connectivity index (χ0v) is 13.0. The number of rotatable bonds is 4. The molecular formula is C14H22N2O3S. The number of ether oxygens (including phenoxy) is 1. The molecule has 1 aromatic carbocycles. The molecule has 20 heavy (non-hydrogen) atoms. The predicted octanol–water partition coefficient (Wildman–Crippen LogP) is 1.21. The first-order valence-electron chi connectivity index (χ1n) is 6.73. The van der Waals surface area contributed by atoms with Gasteiger partial charge in [0.1, 0.15) is 0 Å². The Morgan fingerprint density at radius 1 is 1.40 bits per heavy atom. The van der Waals surface area contributed by atoms with E-state index < -0.39 is 15.6 Å². The van der Waals surface area contributed by atoms with E-state index in [0.29, 0.717) is 31.1 Å². The van der Waals surface area contributed by atoms with Crippen LogP contribution in [0.1, 0.15) is 19.4 Å². The average molecular weight is 298 g/mol. The van der Waals surface area contributed by atoms with Crippen molar-refractivity contribution in [3.05, 3.63) is 29.8 Å². The molecule has 0 atom stereocenters. The first kappa shape index (κ1) is 15.4. The van der Waals surface area contributed by atoms with Crippen LogP contribution in [0.3, 0.4) is 0 Å². The van der Waals surface area contributed by atoms with E-state index in [4.69, 9.17) is 4.74 Å². The molecule has 6 heteroatoms. The first-order chi connectivity index (χ1) is 9.35. The topological polar surface area (TPSA) is 58.6 Å². The Hall–Kier alpha value is -0.950. The quantitative estimate of drug-likeness (QED) is 0.907. The molecule has 0 radical (unpaired) electrons.